The van der Waals surface area contributed by atoms with E-state index in [1.165, 1.54) is 12.1 Å². The first-order chi connectivity index (χ1) is 17.5. The van der Waals surface area contributed by atoms with E-state index in [1.807, 2.05) is 24.4 Å². The van der Waals surface area contributed by atoms with Crippen LogP contribution in [-0.2, 0) is 17.8 Å². The summed E-state index contributed by atoms with van der Waals surface area (Å²) in [7, 11) is 0. The molecule has 5 rings (SSSR count). The maximum absolute atomic E-state index is 13.6. The van der Waals surface area contributed by atoms with Crippen LogP contribution in [0.3, 0.4) is 0 Å². The fourth-order valence-corrected chi connectivity index (χ4v) is 4.58. The summed E-state index contributed by atoms with van der Waals surface area (Å²) in [5, 5.41) is 1.69. The van der Waals surface area contributed by atoms with Gasteiger partial charge >= 0.3 is 0 Å². The highest BCUT2D eigenvalue weighted by Gasteiger charge is 2.35. The van der Waals surface area contributed by atoms with Crippen LogP contribution in [0.15, 0.2) is 79.0 Å². The Labute approximate surface area is 214 Å². The van der Waals surface area contributed by atoms with Crippen molar-refractivity contribution in [1.29, 1.82) is 0 Å². The molecule has 0 spiro atoms. The van der Waals surface area contributed by atoms with Gasteiger partial charge in [0.05, 0.1) is 0 Å². The first-order valence-corrected chi connectivity index (χ1v) is 12.5. The summed E-state index contributed by atoms with van der Waals surface area (Å²) >= 11 is 5.99. The number of carbonyl (C=O) groups excluding carboxylic acids is 2. The van der Waals surface area contributed by atoms with Crippen LogP contribution in [0.2, 0.25) is 5.02 Å². The van der Waals surface area contributed by atoms with Gasteiger partial charge in [-0.05, 0) is 72.9 Å². The van der Waals surface area contributed by atoms with Crippen LogP contribution in [0.4, 0.5) is 4.39 Å². The van der Waals surface area contributed by atoms with Crippen LogP contribution < -0.4 is 0 Å². The van der Waals surface area contributed by atoms with Gasteiger partial charge in [0.2, 0.25) is 5.91 Å². The molecule has 0 radical (unpaired) electrons. The average molecular weight is 504 g/mol. The van der Waals surface area contributed by atoms with Gasteiger partial charge in [0.15, 0.2) is 0 Å². The highest BCUT2D eigenvalue weighted by atomic mass is 35.5. The van der Waals surface area contributed by atoms with E-state index in [9.17, 15) is 14.0 Å². The van der Waals surface area contributed by atoms with Gasteiger partial charge in [-0.3, -0.25) is 9.59 Å². The van der Waals surface area contributed by atoms with Crippen LogP contribution in [0.1, 0.15) is 34.3 Å². The van der Waals surface area contributed by atoms with Crippen molar-refractivity contribution in [3.63, 3.8) is 0 Å². The van der Waals surface area contributed by atoms with Crippen LogP contribution in [0.5, 0.6) is 0 Å². The first-order valence-electron chi connectivity index (χ1n) is 12.1. The average Bonchev–Trinajstić information content (AvgIpc) is 3.65. The number of fused-ring (bicyclic) bond motifs is 1. The lowest BCUT2D eigenvalue weighted by Gasteiger charge is -2.28. The predicted molar refractivity (Wildman–Crippen MR) is 139 cm³/mol. The molecule has 2 amide bonds. The second kappa shape index (κ2) is 10.5. The zero-order chi connectivity index (χ0) is 25.1. The lowest BCUT2D eigenvalue weighted by Crippen LogP contribution is -2.44. The van der Waals surface area contributed by atoms with Crippen molar-refractivity contribution in [3.05, 3.63) is 107 Å². The lowest BCUT2D eigenvalue weighted by molar-refractivity contribution is -0.132. The van der Waals surface area contributed by atoms with E-state index in [0.29, 0.717) is 30.1 Å². The Hall–Kier alpha value is -3.64. The van der Waals surface area contributed by atoms with Gasteiger partial charge in [-0.25, -0.2) is 4.39 Å². The van der Waals surface area contributed by atoms with Crippen molar-refractivity contribution in [2.24, 2.45) is 0 Å². The number of aromatic amines is 1. The molecule has 0 atom stereocenters. The molecular formula is C29H27ClFN3O2. The molecular weight excluding hydrogens is 477 g/mol. The van der Waals surface area contributed by atoms with Crippen LogP contribution in [-0.4, -0.2) is 45.7 Å². The quantitative estimate of drug-likeness (QED) is 0.312. The van der Waals surface area contributed by atoms with Gasteiger partial charge in [-0.2, -0.15) is 0 Å². The van der Waals surface area contributed by atoms with Crippen molar-refractivity contribution < 1.29 is 14.0 Å². The number of carbonyl (C=O) groups is 2. The topological polar surface area (TPSA) is 56.4 Å². The fraction of sp³-hybridized carbons (Fsp3) is 0.241. The first kappa shape index (κ1) is 24.1. The van der Waals surface area contributed by atoms with Gasteiger partial charge in [-0.15, -0.1) is 0 Å². The number of hydrogen-bond acceptors (Lipinski definition) is 2. The molecule has 1 aliphatic rings. The molecule has 36 heavy (non-hydrogen) atoms. The number of aromatic nitrogens is 1. The largest absolute Gasteiger partial charge is 0.361 e. The number of hydrogen-bond donors (Lipinski definition) is 1. The van der Waals surface area contributed by atoms with Crippen LogP contribution in [0, 0.1) is 5.82 Å². The molecule has 1 N–H and O–H groups in total. The summed E-state index contributed by atoms with van der Waals surface area (Å²) < 4.78 is 13.5. The Kier molecular flexibility index (Phi) is 7.05. The number of H-pyrrole nitrogens is 1. The molecule has 5 nitrogen and oxygen atoms in total. The molecule has 3 aromatic carbocycles. The van der Waals surface area contributed by atoms with Crippen LogP contribution >= 0.6 is 11.6 Å². The van der Waals surface area contributed by atoms with E-state index in [2.05, 4.69) is 11.1 Å². The molecule has 1 fully saturated rings. The molecule has 0 unspecified atom stereocenters. The molecule has 184 valence electrons. The summed E-state index contributed by atoms with van der Waals surface area (Å²) in [5.41, 5.74) is 3.53. The SMILES string of the molecule is O=C(CN(C(=O)c1ccc(Cl)cc1)C1CC1)N(CCc1c[nH]c2ccccc12)Cc1ccc(F)cc1. The van der Waals surface area contributed by atoms with Crippen molar-refractivity contribution in [2.75, 3.05) is 13.1 Å². The van der Waals surface area contributed by atoms with Crippen LogP contribution in [0.25, 0.3) is 10.9 Å². The van der Waals surface area contributed by atoms with Gasteiger partial charge in [0.1, 0.15) is 12.4 Å². The van der Waals surface area contributed by atoms with Crippen molar-refractivity contribution in [3.8, 4) is 0 Å². The Morgan fingerprint density at radius 2 is 1.69 bits per heavy atom. The van der Waals surface area contributed by atoms with E-state index in [4.69, 9.17) is 11.6 Å². The monoisotopic (exact) mass is 503 g/mol. The van der Waals surface area contributed by atoms with E-state index in [0.717, 1.165) is 34.9 Å². The van der Waals surface area contributed by atoms with Gasteiger partial charge in [-0.1, -0.05) is 41.9 Å². The third kappa shape index (κ3) is 5.60. The van der Waals surface area contributed by atoms with Gasteiger partial charge < -0.3 is 14.8 Å². The second-order valence-corrected chi connectivity index (χ2v) is 9.66. The Morgan fingerprint density at radius 3 is 2.42 bits per heavy atom. The van der Waals surface area contributed by atoms with Gasteiger partial charge in [0, 0.05) is 46.8 Å². The van der Waals surface area contributed by atoms with E-state index in [-0.39, 0.29) is 30.2 Å². The molecule has 1 saturated carbocycles. The number of halogens is 2. The van der Waals surface area contributed by atoms with E-state index in [1.54, 1.807) is 46.2 Å². The minimum Gasteiger partial charge on any atom is -0.361 e. The highest BCUT2D eigenvalue weighted by Crippen LogP contribution is 2.29. The molecule has 1 aromatic heterocycles. The highest BCUT2D eigenvalue weighted by molar-refractivity contribution is 6.30. The minimum atomic E-state index is -0.316. The summed E-state index contributed by atoms with van der Waals surface area (Å²) in [6.45, 7) is 0.821. The molecule has 0 bridgehead atoms. The fourth-order valence-electron chi connectivity index (χ4n) is 4.45. The second-order valence-electron chi connectivity index (χ2n) is 9.22. The summed E-state index contributed by atoms with van der Waals surface area (Å²) in [6.07, 6.45) is 4.41. The zero-order valence-electron chi connectivity index (χ0n) is 19.8. The number of para-hydroxylation sites is 1. The van der Waals surface area contributed by atoms with E-state index < -0.39 is 0 Å². The molecule has 0 saturated heterocycles. The third-order valence-electron chi connectivity index (χ3n) is 6.61. The van der Waals surface area contributed by atoms with Crippen molar-refractivity contribution in [1.82, 2.24) is 14.8 Å². The van der Waals surface area contributed by atoms with E-state index >= 15 is 0 Å². The normalized spacial score (nSPS) is 13.1. The number of amides is 2. The Bertz CT molecular complexity index is 1360. The molecule has 0 aliphatic heterocycles. The third-order valence-corrected chi connectivity index (χ3v) is 6.86. The number of nitrogens with one attached hydrogen (secondary N) is 1. The molecule has 7 heteroatoms. The minimum absolute atomic E-state index is 0.00120. The Morgan fingerprint density at radius 1 is 0.972 bits per heavy atom. The lowest BCUT2D eigenvalue weighted by atomic mass is 10.1. The predicted octanol–water partition coefficient (Wildman–Crippen LogP) is 5.84. The molecule has 4 aromatic rings. The summed E-state index contributed by atoms with van der Waals surface area (Å²) in [4.78, 5) is 33.6. The number of benzene rings is 3. The van der Waals surface area contributed by atoms with Crippen molar-refractivity contribution >= 4 is 34.3 Å². The zero-order valence-corrected chi connectivity index (χ0v) is 20.5. The summed E-state index contributed by atoms with van der Waals surface area (Å²) in [6, 6.07) is 21.1. The number of rotatable bonds is 9. The van der Waals surface area contributed by atoms with Crippen molar-refractivity contribution in [2.45, 2.75) is 31.8 Å². The summed E-state index contributed by atoms with van der Waals surface area (Å²) in [5.74, 6) is -0.613. The maximum atomic E-state index is 13.6. The molecule has 1 aliphatic carbocycles. The smallest absolute Gasteiger partial charge is 0.254 e. The Balaban J connectivity index is 1.35. The maximum Gasteiger partial charge on any atom is 0.254 e. The standard InChI is InChI=1S/C29H27ClFN3O2/c30-23-9-7-21(8-10-23)29(36)34(25-13-14-25)19-28(35)33(18-20-5-11-24(31)12-6-20)16-15-22-17-32-27-4-2-1-3-26(22)27/h1-12,17,25,32H,13-16,18-19H2. The van der Waals surface area contributed by atoms with Gasteiger partial charge in [0.25, 0.3) is 5.91 Å². The molecule has 1 heterocycles. The number of nitrogens with zero attached hydrogens (tertiary/aromatic N) is 2.